The smallest absolute Gasteiger partial charge is 0.387 e. The van der Waals surface area contributed by atoms with Crippen LogP contribution < -0.4 is 19.5 Å². The van der Waals surface area contributed by atoms with Gasteiger partial charge in [-0.05, 0) is 38.1 Å². The molecule has 10 heteroatoms. The maximum absolute atomic E-state index is 13.2. The summed E-state index contributed by atoms with van der Waals surface area (Å²) in [5.74, 6) is 0.632. The number of carbonyl (C=O) groups is 1. The van der Waals surface area contributed by atoms with Crippen LogP contribution in [0.4, 0.5) is 8.78 Å². The highest BCUT2D eigenvalue weighted by Crippen LogP contribution is 2.37. The van der Waals surface area contributed by atoms with Gasteiger partial charge in [-0.25, -0.2) is 4.98 Å². The Bertz CT molecular complexity index is 1210. The van der Waals surface area contributed by atoms with Gasteiger partial charge in [-0.1, -0.05) is 0 Å². The third kappa shape index (κ3) is 4.63. The summed E-state index contributed by atoms with van der Waals surface area (Å²) in [6.45, 7) is -0.404. The second-order valence-corrected chi connectivity index (χ2v) is 8.81. The lowest BCUT2D eigenvalue weighted by Gasteiger charge is -2.35. The van der Waals surface area contributed by atoms with E-state index in [1.807, 2.05) is 22.7 Å². The normalized spacial score (nSPS) is 16.5. The van der Waals surface area contributed by atoms with Crippen LogP contribution in [-0.4, -0.2) is 66.7 Å². The molecule has 5 rings (SSSR count). The zero-order valence-corrected chi connectivity index (χ0v) is 19.0. The second-order valence-electron chi connectivity index (χ2n) is 8.81. The Morgan fingerprint density at radius 2 is 2.00 bits per heavy atom. The number of ether oxygens (including phenoxy) is 3. The number of aromatic nitrogens is 2. The zero-order valence-electron chi connectivity index (χ0n) is 19.0. The molecule has 0 atom stereocenters. The van der Waals surface area contributed by atoms with Crippen molar-refractivity contribution in [2.75, 3.05) is 33.9 Å². The van der Waals surface area contributed by atoms with Crippen LogP contribution in [0, 0.1) is 5.92 Å². The highest BCUT2D eigenvalue weighted by Gasteiger charge is 2.29. The Morgan fingerprint density at radius 3 is 2.68 bits per heavy atom. The Labute approximate surface area is 195 Å². The van der Waals surface area contributed by atoms with Gasteiger partial charge in [-0.2, -0.15) is 8.78 Å². The summed E-state index contributed by atoms with van der Waals surface area (Å²) in [6.07, 6.45) is 5.17. The van der Waals surface area contributed by atoms with Crippen LogP contribution in [0.5, 0.6) is 17.2 Å². The third-order valence-corrected chi connectivity index (χ3v) is 6.05. The number of hydrogen-bond acceptors (Lipinski definition) is 6. The number of hydrogen-bond donors (Lipinski definition) is 1. The first-order valence-electron chi connectivity index (χ1n) is 11.2. The first-order chi connectivity index (χ1) is 16.4. The summed E-state index contributed by atoms with van der Waals surface area (Å²) in [4.78, 5) is 19.4. The fourth-order valence-corrected chi connectivity index (χ4v) is 4.21. The van der Waals surface area contributed by atoms with Gasteiger partial charge in [0, 0.05) is 42.9 Å². The molecule has 3 heterocycles. The molecular formula is C24H26F2N4O4. The summed E-state index contributed by atoms with van der Waals surface area (Å²) >= 11 is 0. The van der Waals surface area contributed by atoms with Crippen molar-refractivity contribution in [2.24, 2.45) is 5.92 Å². The minimum Gasteiger partial charge on any atom is -0.496 e. The van der Waals surface area contributed by atoms with Gasteiger partial charge in [0.2, 0.25) is 0 Å². The van der Waals surface area contributed by atoms with E-state index >= 15 is 0 Å². The van der Waals surface area contributed by atoms with Crippen LogP contribution in [0.25, 0.3) is 16.9 Å². The van der Waals surface area contributed by atoms with Crippen molar-refractivity contribution in [1.82, 2.24) is 19.6 Å². The molecule has 1 amide bonds. The summed E-state index contributed by atoms with van der Waals surface area (Å²) in [5.41, 5.74) is 1.75. The van der Waals surface area contributed by atoms with E-state index in [0.29, 0.717) is 35.2 Å². The van der Waals surface area contributed by atoms with Crippen molar-refractivity contribution in [3.05, 3.63) is 42.2 Å². The number of imidazole rings is 1. The molecule has 0 spiro atoms. The van der Waals surface area contributed by atoms with E-state index in [-0.39, 0.29) is 23.1 Å². The summed E-state index contributed by atoms with van der Waals surface area (Å²) in [5, 5.41) is 2.80. The van der Waals surface area contributed by atoms with Crippen molar-refractivity contribution in [3.8, 4) is 28.5 Å². The minimum atomic E-state index is -3.09. The highest BCUT2D eigenvalue weighted by molar-refractivity contribution is 6.01. The van der Waals surface area contributed by atoms with Crippen LogP contribution in [-0.2, 0) is 0 Å². The van der Waals surface area contributed by atoms with Crippen molar-refractivity contribution < 1.29 is 27.8 Å². The third-order valence-electron chi connectivity index (χ3n) is 6.05. The van der Waals surface area contributed by atoms with E-state index < -0.39 is 12.5 Å². The molecule has 1 aliphatic heterocycles. The molecule has 1 N–H and O–H groups in total. The fourth-order valence-electron chi connectivity index (χ4n) is 4.21. The van der Waals surface area contributed by atoms with E-state index in [1.165, 1.54) is 13.2 Å². The van der Waals surface area contributed by atoms with Crippen LogP contribution in [0.3, 0.4) is 0 Å². The van der Waals surface area contributed by atoms with Gasteiger partial charge < -0.3 is 24.4 Å². The SMILES string of the molecule is COc1cc(-c2cnc3cc(OCC4CN(C)C4)ccn23)cc(OC(F)F)c1C(=O)NC1CC1. The van der Waals surface area contributed by atoms with Gasteiger partial charge >= 0.3 is 6.61 Å². The number of carbonyl (C=O) groups excluding carboxylic acids is 1. The van der Waals surface area contributed by atoms with E-state index in [0.717, 1.165) is 25.9 Å². The van der Waals surface area contributed by atoms with Crippen LogP contribution >= 0.6 is 0 Å². The predicted octanol–water partition coefficient (Wildman–Crippen LogP) is 3.44. The topological polar surface area (TPSA) is 77.3 Å². The van der Waals surface area contributed by atoms with Gasteiger partial charge in [-0.3, -0.25) is 9.20 Å². The lowest BCUT2D eigenvalue weighted by atomic mass is 10.0. The molecule has 1 aromatic carbocycles. The van der Waals surface area contributed by atoms with E-state index in [1.54, 1.807) is 12.3 Å². The Balaban J connectivity index is 1.45. The molecular weight excluding hydrogens is 446 g/mol. The first-order valence-corrected chi connectivity index (χ1v) is 11.2. The zero-order chi connectivity index (χ0) is 23.8. The van der Waals surface area contributed by atoms with Gasteiger partial charge in [0.1, 0.15) is 28.5 Å². The second kappa shape index (κ2) is 9.09. The lowest BCUT2D eigenvalue weighted by molar-refractivity contribution is -0.0502. The number of benzene rings is 1. The van der Waals surface area contributed by atoms with Gasteiger partial charge in [0.05, 0.1) is 25.6 Å². The van der Waals surface area contributed by atoms with Gasteiger partial charge in [0.15, 0.2) is 0 Å². The Morgan fingerprint density at radius 1 is 1.24 bits per heavy atom. The first kappa shape index (κ1) is 22.4. The number of nitrogens with one attached hydrogen (secondary N) is 1. The maximum Gasteiger partial charge on any atom is 0.387 e. The number of alkyl halides is 2. The molecule has 34 heavy (non-hydrogen) atoms. The molecule has 2 fully saturated rings. The molecule has 0 unspecified atom stereocenters. The highest BCUT2D eigenvalue weighted by atomic mass is 19.3. The molecule has 3 aromatic rings. The molecule has 1 saturated heterocycles. The number of likely N-dealkylation sites (tertiary alicyclic amines) is 1. The summed E-state index contributed by atoms with van der Waals surface area (Å²) < 4.78 is 44.3. The predicted molar refractivity (Wildman–Crippen MR) is 121 cm³/mol. The average molecular weight is 472 g/mol. The number of methoxy groups -OCH3 is 1. The van der Waals surface area contributed by atoms with E-state index in [9.17, 15) is 13.6 Å². The monoisotopic (exact) mass is 472 g/mol. The lowest BCUT2D eigenvalue weighted by Crippen LogP contribution is -2.46. The molecule has 8 nitrogen and oxygen atoms in total. The van der Waals surface area contributed by atoms with Crippen molar-refractivity contribution in [3.63, 3.8) is 0 Å². The number of amides is 1. The Kier molecular flexibility index (Phi) is 5.99. The molecule has 2 aromatic heterocycles. The minimum absolute atomic E-state index is 0.0513. The molecule has 2 aliphatic rings. The standard InChI is InChI=1S/C24H26F2N4O4/c1-29-11-14(12-29)13-33-17-5-6-30-18(10-27-21(30)9-17)15-7-19(32-2)22(20(8-15)34-24(25)26)23(31)28-16-3-4-16/h5-10,14,16,24H,3-4,11-13H2,1-2H3,(H,28,31). The molecule has 1 saturated carbocycles. The number of rotatable bonds is 9. The Hall–Kier alpha value is -3.40. The molecule has 0 bridgehead atoms. The average Bonchev–Trinajstić information content (AvgIpc) is 3.50. The molecule has 0 radical (unpaired) electrons. The van der Waals surface area contributed by atoms with Crippen LogP contribution in [0.2, 0.25) is 0 Å². The summed E-state index contributed by atoms with van der Waals surface area (Å²) in [6, 6.07) is 6.76. The van der Waals surface area contributed by atoms with Crippen LogP contribution in [0.1, 0.15) is 23.2 Å². The maximum atomic E-state index is 13.2. The van der Waals surface area contributed by atoms with Crippen molar-refractivity contribution >= 4 is 11.6 Å². The molecule has 180 valence electrons. The number of pyridine rings is 1. The van der Waals surface area contributed by atoms with Gasteiger partial charge in [0.25, 0.3) is 5.91 Å². The van der Waals surface area contributed by atoms with E-state index in [2.05, 4.69) is 22.2 Å². The summed E-state index contributed by atoms with van der Waals surface area (Å²) in [7, 11) is 3.46. The van der Waals surface area contributed by atoms with Gasteiger partial charge in [-0.15, -0.1) is 0 Å². The number of fused-ring (bicyclic) bond motifs is 1. The van der Waals surface area contributed by atoms with Crippen molar-refractivity contribution in [1.29, 1.82) is 0 Å². The van der Waals surface area contributed by atoms with E-state index in [4.69, 9.17) is 14.2 Å². The van der Waals surface area contributed by atoms with Crippen LogP contribution in [0.15, 0.2) is 36.7 Å². The quantitative estimate of drug-likeness (QED) is 0.514. The van der Waals surface area contributed by atoms with Crippen molar-refractivity contribution in [2.45, 2.75) is 25.5 Å². The fraction of sp³-hybridized carbons (Fsp3) is 0.417. The molecule has 1 aliphatic carbocycles. The largest absolute Gasteiger partial charge is 0.496 e. The number of halogens is 2. The number of nitrogens with zero attached hydrogens (tertiary/aromatic N) is 3.